The Kier molecular flexibility index (Phi) is 19.5. The van der Waals surface area contributed by atoms with E-state index in [1.165, 1.54) is 16.2 Å². The molecule has 0 heterocycles. The van der Waals surface area contributed by atoms with Crippen LogP contribution in [0.4, 0.5) is 4.79 Å². The van der Waals surface area contributed by atoms with Crippen LogP contribution in [-0.4, -0.2) is 37.8 Å². The number of methoxy groups -OCH3 is 1. The predicted molar refractivity (Wildman–Crippen MR) is 109 cm³/mol. The van der Waals surface area contributed by atoms with Crippen molar-refractivity contribution in [2.24, 2.45) is 0 Å². The fraction of sp³-hybridized carbons (Fsp3) is 0.611. The molecule has 0 bridgehead atoms. The summed E-state index contributed by atoms with van der Waals surface area (Å²) in [4.78, 5) is 11.5. The molecule has 0 fully saturated rings. The van der Waals surface area contributed by atoms with Gasteiger partial charge in [0.1, 0.15) is 12.9 Å². The molecule has 142 valence electrons. The van der Waals surface area contributed by atoms with Crippen molar-refractivity contribution in [1.29, 1.82) is 0 Å². The first-order valence-corrected chi connectivity index (χ1v) is 9.44. The zero-order valence-corrected chi connectivity index (χ0v) is 17.6. The molecule has 0 spiro atoms. The monoisotopic (exact) mass is 455 g/mol. The Morgan fingerprint density at radius 2 is 1.92 bits per heavy atom. The molecule has 0 aliphatic carbocycles. The average Bonchev–Trinajstić information content (AvgIpc) is 2.63. The molecule has 1 rings (SSSR count). The van der Waals surface area contributed by atoms with E-state index in [9.17, 15) is 4.79 Å². The number of aliphatic hydroxyl groups is 1. The van der Waals surface area contributed by atoms with Gasteiger partial charge >= 0.3 is 6.09 Å². The molecule has 1 amide bonds. The third-order valence-corrected chi connectivity index (χ3v) is 3.84. The number of nitrogens with one attached hydrogen (secondary N) is 1. The summed E-state index contributed by atoms with van der Waals surface area (Å²) in [6.07, 6.45) is 2.15. The maximum Gasteiger partial charge on any atom is 0.407 e. The number of aliphatic hydroxyl groups excluding tert-OH is 1. The molecule has 0 aliphatic heterocycles. The standard InChI is InChI=1S/C14H20INO2.C2H6O2.C2H6.H2/c1-3-9-16-14(17)18-12(4-2)10-11-7-5-6-8-13(11)15;1-4-2-3;1-2;/h5-8,12H,3-4,9-10H2,1-2H3,(H,16,17);3H,2H2,1H3;1-2H3;1H/t12-;;;/m0.../s1. The lowest BCUT2D eigenvalue weighted by atomic mass is 10.1. The van der Waals surface area contributed by atoms with Crippen molar-refractivity contribution in [3.63, 3.8) is 0 Å². The van der Waals surface area contributed by atoms with Gasteiger partial charge in [0.2, 0.25) is 0 Å². The summed E-state index contributed by atoms with van der Waals surface area (Å²) >= 11 is 2.31. The van der Waals surface area contributed by atoms with Crippen molar-refractivity contribution in [2.45, 2.75) is 53.1 Å². The molecule has 1 aromatic rings. The zero-order valence-electron chi connectivity index (χ0n) is 15.5. The van der Waals surface area contributed by atoms with Crippen molar-refractivity contribution >= 4 is 28.7 Å². The molecule has 6 heteroatoms. The predicted octanol–water partition coefficient (Wildman–Crippen LogP) is 4.60. The molecule has 0 aliphatic rings. The summed E-state index contributed by atoms with van der Waals surface area (Å²) in [6, 6.07) is 8.18. The van der Waals surface area contributed by atoms with E-state index in [1.54, 1.807) is 0 Å². The molecular weight excluding hydrogens is 421 g/mol. The molecule has 24 heavy (non-hydrogen) atoms. The highest BCUT2D eigenvalue weighted by atomic mass is 127. The smallest absolute Gasteiger partial charge is 0.407 e. The summed E-state index contributed by atoms with van der Waals surface area (Å²) in [5, 5.41) is 10.4. The molecule has 0 saturated heterocycles. The minimum Gasteiger partial charge on any atom is -0.446 e. The molecule has 0 aromatic heterocycles. The number of hydrogen-bond donors (Lipinski definition) is 2. The van der Waals surface area contributed by atoms with Gasteiger partial charge in [-0.05, 0) is 47.1 Å². The number of benzene rings is 1. The van der Waals surface area contributed by atoms with E-state index in [4.69, 9.17) is 9.84 Å². The number of carbonyl (C=O) groups is 1. The first kappa shape index (κ1) is 25.4. The second-order valence-corrected chi connectivity index (χ2v) is 5.74. The zero-order chi connectivity index (χ0) is 18.8. The van der Waals surface area contributed by atoms with Crippen molar-refractivity contribution < 1.29 is 20.8 Å². The van der Waals surface area contributed by atoms with Crippen LogP contribution in [0.1, 0.15) is 47.5 Å². The van der Waals surface area contributed by atoms with Gasteiger partial charge in [0.05, 0.1) is 0 Å². The Bertz CT molecular complexity index is 420. The first-order valence-electron chi connectivity index (χ1n) is 8.36. The number of halogens is 1. The van der Waals surface area contributed by atoms with Gasteiger partial charge < -0.3 is 19.9 Å². The van der Waals surface area contributed by atoms with Gasteiger partial charge in [0, 0.05) is 25.1 Å². The Morgan fingerprint density at radius 1 is 1.33 bits per heavy atom. The Labute approximate surface area is 161 Å². The van der Waals surface area contributed by atoms with Crippen LogP contribution in [0.3, 0.4) is 0 Å². The number of hydrogen-bond acceptors (Lipinski definition) is 4. The lowest BCUT2D eigenvalue weighted by Gasteiger charge is -2.17. The topological polar surface area (TPSA) is 67.8 Å². The van der Waals surface area contributed by atoms with E-state index in [2.05, 4.69) is 44.8 Å². The van der Waals surface area contributed by atoms with Crippen LogP contribution in [0.5, 0.6) is 0 Å². The van der Waals surface area contributed by atoms with Crippen LogP contribution in [0, 0.1) is 3.57 Å². The van der Waals surface area contributed by atoms with Gasteiger partial charge in [-0.2, -0.15) is 0 Å². The SMILES string of the molecule is CC.CCCNC(=O)O[C@@H](CC)Cc1ccccc1I.COCO.[HH]. The van der Waals surface area contributed by atoms with Crippen molar-refractivity contribution in [3.05, 3.63) is 33.4 Å². The van der Waals surface area contributed by atoms with Crippen LogP contribution in [0.15, 0.2) is 24.3 Å². The number of rotatable bonds is 7. The minimum atomic E-state index is -0.311. The summed E-state index contributed by atoms with van der Waals surface area (Å²) in [6.45, 7) is 8.54. The van der Waals surface area contributed by atoms with Crippen LogP contribution >= 0.6 is 22.6 Å². The van der Waals surface area contributed by atoms with Crippen molar-refractivity contribution in [2.75, 3.05) is 20.4 Å². The average molecular weight is 455 g/mol. The van der Waals surface area contributed by atoms with Crippen LogP contribution in [-0.2, 0) is 15.9 Å². The van der Waals surface area contributed by atoms with E-state index in [0.717, 1.165) is 19.3 Å². The van der Waals surface area contributed by atoms with Gasteiger partial charge in [0.15, 0.2) is 0 Å². The third-order valence-electron chi connectivity index (χ3n) is 2.78. The summed E-state index contributed by atoms with van der Waals surface area (Å²) < 4.78 is 10.7. The number of carbonyl (C=O) groups excluding carboxylic acids is 1. The quantitative estimate of drug-likeness (QED) is 0.466. The van der Waals surface area contributed by atoms with E-state index in [-0.39, 0.29) is 20.4 Å². The Balaban J connectivity index is -0.000000607. The maximum atomic E-state index is 11.5. The normalized spacial score (nSPS) is 10.5. The Hall–Kier alpha value is -0.860. The molecule has 0 unspecified atom stereocenters. The fourth-order valence-corrected chi connectivity index (χ4v) is 2.21. The molecule has 0 radical (unpaired) electrons. The molecule has 0 saturated carbocycles. The van der Waals surface area contributed by atoms with Crippen LogP contribution in [0.2, 0.25) is 0 Å². The van der Waals surface area contributed by atoms with E-state index < -0.39 is 0 Å². The maximum absolute atomic E-state index is 11.5. The van der Waals surface area contributed by atoms with Gasteiger partial charge in [-0.3, -0.25) is 0 Å². The van der Waals surface area contributed by atoms with Crippen LogP contribution < -0.4 is 5.32 Å². The number of ether oxygens (including phenoxy) is 2. The summed E-state index contributed by atoms with van der Waals surface area (Å²) in [5.74, 6) is 0. The first-order chi connectivity index (χ1) is 11.6. The molecule has 1 atom stereocenters. The second kappa shape index (κ2) is 18.5. The lowest BCUT2D eigenvalue weighted by Crippen LogP contribution is -2.30. The van der Waals surface area contributed by atoms with Crippen molar-refractivity contribution in [1.82, 2.24) is 5.32 Å². The largest absolute Gasteiger partial charge is 0.446 e. The second-order valence-electron chi connectivity index (χ2n) is 4.58. The minimum absolute atomic E-state index is 0. The lowest BCUT2D eigenvalue weighted by molar-refractivity contribution is 0.0325. The highest BCUT2D eigenvalue weighted by molar-refractivity contribution is 14.1. The summed E-state index contributed by atoms with van der Waals surface area (Å²) in [7, 11) is 1.43. The van der Waals surface area contributed by atoms with Gasteiger partial charge in [-0.1, -0.05) is 45.9 Å². The number of alkyl carbamates (subject to hydrolysis) is 1. The molecule has 2 N–H and O–H groups in total. The highest BCUT2D eigenvalue weighted by Crippen LogP contribution is 2.16. The fourth-order valence-electron chi connectivity index (χ4n) is 1.60. The van der Waals surface area contributed by atoms with E-state index in [0.29, 0.717) is 6.54 Å². The van der Waals surface area contributed by atoms with Gasteiger partial charge in [0.25, 0.3) is 0 Å². The highest BCUT2D eigenvalue weighted by Gasteiger charge is 2.14. The van der Waals surface area contributed by atoms with E-state index >= 15 is 0 Å². The molecular formula is C18H34INO4. The van der Waals surface area contributed by atoms with Gasteiger partial charge in [-0.15, -0.1) is 0 Å². The van der Waals surface area contributed by atoms with E-state index in [1.807, 2.05) is 39.8 Å². The molecule has 1 aromatic carbocycles. The third kappa shape index (κ3) is 13.6. The Morgan fingerprint density at radius 3 is 2.38 bits per heavy atom. The summed E-state index contributed by atoms with van der Waals surface area (Å²) in [5.41, 5.74) is 1.23. The molecule has 5 nitrogen and oxygen atoms in total. The number of amides is 1. The van der Waals surface area contributed by atoms with Gasteiger partial charge in [-0.25, -0.2) is 4.79 Å². The van der Waals surface area contributed by atoms with Crippen molar-refractivity contribution in [3.8, 4) is 0 Å². The van der Waals surface area contributed by atoms with Crippen LogP contribution in [0.25, 0.3) is 0 Å².